The van der Waals surface area contributed by atoms with Crippen LogP contribution >= 0.6 is 11.9 Å². The average Bonchev–Trinajstić information content (AvgIpc) is 2.86. The Balaban J connectivity index is 1.25. The second-order valence-electron chi connectivity index (χ2n) is 10.2. The van der Waals surface area contributed by atoms with E-state index in [0.717, 1.165) is 64.4 Å². The van der Waals surface area contributed by atoms with E-state index >= 15 is 0 Å². The number of anilines is 1. The summed E-state index contributed by atoms with van der Waals surface area (Å²) in [6.45, 7) is 11.5. The normalized spacial score (nSPS) is 24.7. The number of amides is 1. The first kappa shape index (κ1) is 25.3. The molecule has 4 rings (SSSR count). The quantitative estimate of drug-likeness (QED) is 0.325. The number of rotatable bonds is 9. The van der Waals surface area contributed by atoms with Crippen LogP contribution in [0.2, 0.25) is 0 Å². The molecule has 0 radical (unpaired) electrons. The van der Waals surface area contributed by atoms with Crippen molar-refractivity contribution in [2.45, 2.75) is 49.8 Å². The van der Waals surface area contributed by atoms with E-state index in [1.807, 2.05) is 11.9 Å². The number of benzene rings is 1. The summed E-state index contributed by atoms with van der Waals surface area (Å²) in [5, 5.41) is 3.34. The van der Waals surface area contributed by atoms with Gasteiger partial charge < -0.3 is 15.0 Å². The topological polar surface area (TPSA) is 48.1 Å². The number of hydrogen-bond donors (Lipinski definition) is 1. The molecule has 0 spiro atoms. The maximum Gasteiger partial charge on any atom is 0.211 e. The Morgan fingerprint density at radius 1 is 1.09 bits per heavy atom. The van der Waals surface area contributed by atoms with Gasteiger partial charge in [-0.25, -0.2) is 4.31 Å². The Bertz CT molecular complexity index is 862. The zero-order valence-corrected chi connectivity index (χ0v) is 21.7. The second-order valence-corrected chi connectivity index (χ2v) is 11.5. The molecule has 2 atom stereocenters. The Labute approximate surface area is 209 Å². The van der Waals surface area contributed by atoms with Gasteiger partial charge >= 0.3 is 0 Å². The summed E-state index contributed by atoms with van der Waals surface area (Å²) in [7, 11) is 1.79. The number of nitrogens with zero attached hydrogens (tertiary/aromatic N) is 3. The van der Waals surface area contributed by atoms with Gasteiger partial charge in [-0.3, -0.25) is 9.69 Å². The van der Waals surface area contributed by atoms with Crippen LogP contribution in [0.15, 0.2) is 48.2 Å². The van der Waals surface area contributed by atoms with Crippen LogP contribution in [0, 0.1) is 0 Å². The van der Waals surface area contributed by atoms with Crippen molar-refractivity contribution >= 4 is 24.0 Å². The minimum absolute atomic E-state index is 0.0926. The minimum Gasteiger partial charge on any atom is -0.383 e. The lowest BCUT2D eigenvalue weighted by molar-refractivity contribution is -0.109. The number of carbonyl (C=O) groups excluding carboxylic acids is 1. The zero-order chi connectivity index (χ0) is 24.0. The van der Waals surface area contributed by atoms with Crippen molar-refractivity contribution < 1.29 is 9.53 Å². The predicted molar refractivity (Wildman–Crippen MR) is 142 cm³/mol. The van der Waals surface area contributed by atoms with Crippen LogP contribution in [0.3, 0.4) is 0 Å². The van der Waals surface area contributed by atoms with E-state index in [0.29, 0.717) is 11.2 Å². The third-order valence-electron chi connectivity index (χ3n) is 7.34. The highest BCUT2D eigenvalue weighted by atomic mass is 32.2. The van der Waals surface area contributed by atoms with Crippen molar-refractivity contribution in [3.05, 3.63) is 53.8 Å². The molecule has 2 heterocycles. The molecule has 1 fully saturated rings. The van der Waals surface area contributed by atoms with Gasteiger partial charge in [-0.2, -0.15) is 0 Å². The molecule has 2 unspecified atom stereocenters. The number of methoxy groups -OCH3 is 1. The number of nitrogens with one attached hydrogen (secondary N) is 1. The largest absolute Gasteiger partial charge is 0.383 e. The lowest BCUT2D eigenvalue weighted by atomic mass is 9.89. The summed E-state index contributed by atoms with van der Waals surface area (Å²) in [5.74, 6) is 0.516. The first-order valence-corrected chi connectivity index (χ1v) is 13.4. The summed E-state index contributed by atoms with van der Waals surface area (Å²) in [5.41, 5.74) is 3.90. The highest BCUT2D eigenvalue weighted by molar-refractivity contribution is 7.97. The molecule has 2 aliphatic heterocycles. The summed E-state index contributed by atoms with van der Waals surface area (Å²) in [6.07, 6.45) is 11.0. The molecule has 1 amide bonds. The lowest BCUT2D eigenvalue weighted by Crippen LogP contribution is -2.56. The van der Waals surface area contributed by atoms with Crippen LogP contribution < -0.4 is 10.2 Å². The molecule has 1 aromatic rings. The first-order chi connectivity index (χ1) is 16.5. The van der Waals surface area contributed by atoms with Gasteiger partial charge in [-0.1, -0.05) is 42.3 Å². The van der Waals surface area contributed by atoms with Crippen LogP contribution in [0.5, 0.6) is 0 Å². The molecule has 186 valence electrons. The fourth-order valence-corrected chi connectivity index (χ4v) is 6.39. The van der Waals surface area contributed by atoms with Gasteiger partial charge in [-0.15, -0.1) is 0 Å². The Hall–Kier alpha value is -1.80. The Morgan fingerprint density at radius 3 is 2.44 bits per heavy atom. The molecule has 0 aromatic heterocycles. The van der Waals surface area contributed by atoms with E-state index in [2.05, 4.69) is 75.8 Å². The monoisotopic (exact) mass is 484 g/mol. The molecule has 1 aliphatic carbocycles. The van der Waals surface area contributed by atoms with E-state index in [1.54, 1.807) is 7.11 Å². The maximum absolute atomic E-state index is 10.6. The molecular weight excluding hydrogens is 444 g/mol. The molecule has 3 aliphatic rings. The van der Waals surface area contributed by atoms with E-state index in [-0.39, 0.29) is 5.54 Å². The van der Waals surface area contributed by atoms with Crippen LogP contribution in [-0.2, 0) is 9.53 Å². The Kier molecular flexibility index (Phi) is 8.75. The molecule has 7 heteroatoms. The van der Waals surface area contributed by atoms with Gasteiger partial charge in [0, 0.05) is 80.9 Å². The molecular formula is C27H40N4O2S. The van der Waals surface area contributed by atoms with Gasteiger partial charge in [0.2, 0.25) is 6.41 Å². The second kappa shape index (κ2) is 11.8. The highest BCUT2D eigenvalue weighted by Crippen LogP contribution is 2.35. The molecule has 1 N–H and O–H groups in total. The predicted octanol–water partition coefficient (Wildman–Crippen LogP) is 4.02. The van der Waals surface area contributed by atoms with Crippen LogP contribution in [0.4, 0.5) is 5.69 Å². The lowest BCUT2D eigenvalue weighted by Gasteiger charge is -2.44. The van der Waals surface area contributed by atoms with Gasteiger partial charge in [0.15, 0.2) is 0 Å². The van der Waals surface area contributed by atoms with Crippen molar-refractivity contribution in [2.24, 2.45) is 0 Å². The average molecular weight is 485 g/mol. The van der Waals surface area contributed by atoms with E-state index < -0.39 is 0 Å². The van der Waals surface area contributed by atoms with Crippen LogP contribution in [0.1, 0.15) is 44.6 Å². The minimum atomic E-state index is 0.0926. The number of ether oxygens (including phenoxy) is 1. The molecule has 6 nitrogen and oxygen atoms in total. The third kappa shape index (κ3) is 6.45. The van der Waals surface area contributed by atoms with E-state index in [1.165, 1.54) is 24.1 Å². The van der Waals surface area contributed by atoms with Gasteiger partial charge in [0.25, 0.3) is 0 Å². The van der Waals surface area contributed by atoms with Crippen molar-refractivity contribution in [1.82, 2.24) is 14.5 Å². The smallest absolute Gasteiger partial charge is 0.211 e. The Morgan fingerprint density at radius 2 is 1.85 bits per heavy atom. The third-order valence-corrected chi connectivity index (χ3v) is 8.63. The van der Waals surface area contributed by atoms with Gasteiger partial charge in [-0.05, 0) is 44.4 Å². The highest BCUT2D eigenvalue weighted by Gasteiger charge is 2.30. The SMILES string of the molecule is COCC(C)(C)N1CCN(c2ccc(C3C=CC(SN4CC=C(NC=O)CC4)CC3)cc2)CC1. The summed E-state index contributed by atoms with van der Waals surface area (Å²) in [6, 6.07) is 9.28. The first-order valence-electron chi connectivity index (χ1n) is 12.6. The van der Waals surface area contributed by atoms with Crippen molar-refractivity contribution in [1.29, 1.82) is 0 Å². The summed E-state index contributed by atoms with van der Waals surface area (Å²) < 4.78 is 7.83. The van der Waals surface area contributed by atoms with E-state index in [4.69, 9.17) is 4.74 Å². The molecule has 0 saturated carbocycles. The standard InChI is InChI=1S/C27H40N4O2S/c1-27(2,20-33-3)30-18-16-29(17-19-30)25-8-4-22(5-9-25)23-6-10-26(11-7-23)34-31-14-12-24(13-15-31)28-21-32/h4-6,8-10,12,21,23,26H,7,11,13-20H2,1-3H3,(H,28,32). The zero-order valence-electron chi connectivity index (χ0n) is 20.9. The van der Waals surface area contributed by atoms with Gasteiger partial charge in [0.05, 0.1) is 6.61 Å². The van der Waals surface area contributed by atoms with Crippen LogP contribution in [-0.4, -0.2) is 79.4 Å². The van der Waals surface area contributed by atoms with Crippen molar-refractivity contribution in [3.8, 4) is 0 Å². The number of carbonyl (C=O) groups is 1. The molecule has 0 bridgehead atoms. The molecule has 1 aromatic carbocycles. The van der Waals surface area contributed by atoms with Crippen LogP contribution in [0.25, 0.3) is 0 Å². The fourth-order valence-electron chi connectivity index (χ4n) is 5.25. The van der Waals surface area contributed by atoms with Crippen molar-refractivity contribution in [2.75, 3.05) is 57.9 Å². The number of piperazine rings is 1. The molecule has 1 saturated heterocycles. The number of hydrogen-bond acceptors (Lipinski definition) is 6. The molecule has 34 heavy (non-hydrogen) atoms. The van der Waals surface area contributed by atoms with Gasteiger partial charge in [0.1, 0.15) is 0 Å². The van der Waals surface area contributed by atoms with Crippen molar-refractivity contribution in [3.63, 3.8) is 0 Å². The summed E-state index contributed by atoms with van der Waals surface area (Å²) in [4.78, 5) is 15.7. The van der Waals surface area contributed by atoms with E-state index in [9.17, 15) is 4.79 Å². The number of allylic oxidation sites excluding steroid dienone is 1. The summed E-state index contributed by atoms with van der Waals surface area (Å²) >= 11 is 1.95. The maximum atomic E-state index is 10.6. The fraction of sp³-hybridized carbons (Fsp3) is 0.593.